The highest BCUT2D eigenvalue weighted by molar-refractivity contribution is 5.92. The molecule has 1 saturated carbocycles. The zero-order chi connectivity index (χ0) is 10.7. The van der Waals surface area contributed by atoms with E-state index in [2.05, 4.69) is 5.32 Å². The monoisotopic (exact) mass is 209 g/mol. The number of hydrogen-bond acceptors (Lipinski definition) is 3. The molecule has 0 amide bonds. The van der Waals surface area contributed by atoms with Crippen molar-refractivity contribution in [2.75, 3.05) is 6.54 Å². The van der Waals surface area contributed by atoms with Crippen LogP contribution in [0.1, 0.15) is 38.5 Å². The van der Waals surface area contributed by atoms with Crippen LogP contribution >= 0.6 is 0 Å². The molecule has 15 heavy (non-hydrogen) atoms. The van der Waals surface area contributed by atoms with Crippen molar-refractivity contribution >= 4 is 5.78 Å². The van der Waals surface area contributed by atoms with E-state index in [1.807, 2.05) is 0 Å². The zero-order valence-electron chi connectivity index (χ0n) is 9.04. The average molecular weight is 209 g/mol. The van der Waals surface area contributed by atoms with Gasteiger partial charge in [-0.15, -0.1) is 0 Å². The standard InChI is InChI=1S/C12H19NO2/c14-11-4-1-9(2-5-11)8-13-10-3-6-12(15)7-10/h7,9,11,13-14H,1-6,8H2. The SMILES string of the molecule is O=C1C=C(NCC2CCC(O)CC2)CC1. The molecule has 0 heterocycles. The molecule has 2 aliphatic carbocycles. The number of aliphatic hydroxyl groups excluding tert-OH is 1. The molecule has 1 fully saturated rings. The summed E-state index contributed by atoms with van der Waals surface area (Å²) < 4.78 is 0. The van der Waals surface area contributed by atoms with Crippen LogP contribution in [0.2, 0.25) is 0 Å². The fraction of sp³-hybridized carbons (Fsp3) is 0.750. The van der Waals surface area contributed by atoms with E-state index in [4.69, 9.17) is 0 Å². The van der Waals surface area contributed by atoms with E-state index in [9.17, 15) is 9.90 Å². The van der Waals surface area contributed by atoms with Gasteiger partial charge in [-0.25, -0.2) is 0 Å². The first kappa shape index (κ1) is 10.7. The summed E-state index contributed by atoms with van der Waals surface area (Å²) in [7, 11) is 0. The smallest absolute Gasteiger partial charge is 0.157 e. The van der Waals surface area contributed by atoms with Gasteiger partial charge in [-0.1, -0.05) is 0 Å². The molecule has 0 aromatic rings. The predicted octanol–water partition coefficient (Wildman–Crippen LogP) is 1.37. The van der Waals surface area contributed by atoms with E-state index < -0.39 is 0 Å². The van der Waals surface area contributed by atoms with Crippen molar-refractivity contribution in [3.8, 4) is 0 Å². The number of allylic oxidation sites excluding steroid dienone is 2. The van der Waals surface area contributed by atoms with Gasteiger partial charge in [0.2, 0.25) is 0 Å². The number of aliphatic hydroxyl groups is 1. The van der Waals surface area contributed by atoms with Gasteiger partial charge in [0.15, 0.2) is 5.78 Å². The number of rotatable bonds is 3. The van der Waals surface area contributed by atoms with E-state index in [0.29, 0.717) is 12.3 Å². The molecule has 2 aliphatic rings. The number of hydrogen-bond donors (Lipinski definition) is 2. The Morgan fingerprint density at radius 1 is 1.27 bits per heavy atom. The molecule has 0 radical (unpaired) electrons. The van der Waals surface area contributed by atoms with Crippen molar-refractivity contribution in [3.05, 3.63) is 11.8 Å². The summed E-state index contributed by atoms with van der Waals surface area (Å²) >= 11 is 0. The average Bonchev–Trinajstić information content (AvgIpc) is 2.64. The van der Waals surface area contributed by atoms with E-state index >= 15 is 0 Å². The fourth-order valence-electron chi connectivity index (χ4n) is 2.36. The lowest BCUT2D eigenvalue weighted by atomic mass is 9.87. The van der Waals surface area contributed by atoms with Crippen molar-refractivity contribution in [1.29, 1.82) is 0 Å². The lowest BCUT2D eigenvalue weighted by Crippen LogP contribution is -2.27. The fourth-order valence-corrected chi connectivity index (χ4v) is 2.36. The van der Waals surface area contributed by atoms with Crippen LogP contribution in [0.4, 0.5) is 0 Å². The van der Waals surface area contributed by atoms with Crippen molar-refractivity contribution in [3.63, 3.8) is 0 Å². The van der Waals surface area contributed by atoms with Gasteiger partial charge in [-0.2, -0.15) is 0 Å². The molecule has 0 saturated heterocycles. The van der Waals surface area contributed by atoms with Crippen LogP contribution in [0.15, 0.2) is 11.8 Å². The molecular formula is C12H19NO2. The Morgan fingerprint density at radius 2 is 2.00 bits per heavy atom. The third kappa shape index (κ3) is 3.06. The van der Waals surface area contributed by atoms with Gasteiger partial charge in [-0.05, 0) is 38.0 Å². The van der Waals surface area contributed by atoms with Gasteiger partial charge in [0.25, 0.3) is 0 Å². The van der Waals surface area contributed by atoms with E-state index in [1.165, 1.54) is 0 Å². The number of carbonyl (C=O) groups is 1. The van der Waals surface area contributed by atoms with Crippen LogP contribution in [0, 0.1) is 5.92 Å². The molecule has 0 spiro atoms. The molecule has 2 N–H and O–H groups in total. The Labute approximate surface area is 90.6 Å². The van der Waals surface area contributed by atoms with Gasteiger partial charge in [0, 0.05) is 24.7 Å². The van der Waals surface area contributed by atoms with Gasteiger partial charge >= 0.3 is 0 Å². The molecule has 0 bridgehead atoms. The first-order valence-corrected chi connectivity index (χ1v) is 5.89. The molecule has 0 aliphatic heterocycles. The van der Waals surface area contributed by atoms with Gasteiger partial charge < -0.3 is 10.4 Å². The number of ketones is 1. The first-order valence-electron chi connectivity index (χ1n) is 5.89. The van der Waals surface area contributed by atoms with Crippen LogP contribution in [0.3, 0.4) is 0 Å². The summed E-state index contributed by atoms with van der Waals surface area (Å²) in [5, 5.41) is 12.7. The van der Waals surface area contributed by atoms with E-state index in [1.54, 1.807) is 6.08 Å². The molecule has 0 atom stereocenters. The molecule has 3 nitrogen and oxygen atoms in total. The van der Waals surface area contributed by atoms with Crippen molar-refractivity contribution in [2.24, 2.45) is 5.92 Å². The Hall–Kier alpha value is -0.830. The van der Waals surface area contributed by atoms with Crippen molar-refractivity contribution in [1.82, 2.24) is 5.32 Å². The minimum atomic E-state index is -0.0754. The summed E-state index contributed by atoms with van der Waals surface area (Å²) in [6.07, 6.45) is 7.30. The van der Waals surface area contributed by atoms with Crippen molar-refractivity contribution < 1.29 is 9.90 Å². The minimum absolute atomic E-state index is 0.0754. The van der Waals surface area contributed by atoms with Gasteiger partial charge in [0.1, 0.15) is 0 Å². The molecule has 0 aromatic carbocycles. The molecule has 3 heteroatoms. The molecule has 0 aromatic heterocycles. The molecule has 84 valence electrons. The lowest BCUT2D eigenvalue weighted by molar-refractivity contribution is -0.114. The van der Waals surface area contributed by atoms with Crippen LogP contribution in [-0.2, 0) is 4.79 Å². The predicted molar refractivity (Wildman–Crippen MR) is 58.3 cm³/mol. The maximum atomic E-state index is 11.0. The summed E-state index contributed by atoms with van der Waals surface area (Å²) in [5.41, 5.74) is 1.10. The van der Waals surface area contributed by atoms with Crippen LogP contribution in [0.25, 0.3) is 0 Å². The Bertz CT molecular complexity index is 265. The second kappa shape index (κ2) is 4.79. The molecule has 2 rings (SSSR count). The largest absolute Gasteiger partial charge is 0.393 e. The highest BCUT2D eigenvalue weighted by atomic mass is 16.3. The third-order valence-electron chi connectivity index (χ3n) is 3.41. The lowest BCUT2D eigenvalue weighted by Gasteiger charge is -2.25. The van der Waals surface area contributed by atoms with Crippen molar-refractivity contribution in [2.45, 2.75) is 44.6 Å². The van der Waals surface area contributed by atoms with Gasteiger partial charge in [0.05, 0.1) is 6.10 Å². The Kier molecular flexibility index (Phi) is 3.41. The normalized spacial score (nSPS) is 31.5. The maximum Gasteiger partial charge on any atom is 0.157 e. The van der Waals surface area contributed by atoms with Crippen LogP contribution in [0.5, 0.6) is 0 Å². The number of carbonyl (C=O) groups excluding carboxylic acids is 1. The van der Waals surface area contributed by atoms with Gasteiger partial charge in [-0.3, -0.25) is 4.79 Å². The summed E-state index contributed by atoms with van der Waals surface area (Å²) in [6, 6.07) is 0. The third-order valence-corrected chi connectivity index (χ3v) is 3.41. The minimum Gasteiger partial charge on any atom is -0.393 e. The highest BCUT2D eigenvalue weighted by Gasteiger charge is 2.20. The quantitative estimate of drug-likeness (QED) is 0.738. The topological polar surface area (TPSA) is 49.3 Å². The van der Waals surface area contributed by atoms with E-state index in [0.717, 1.165) is 44.3 Å². The zero-order valence-corrected chi connectivity index (χ0v) is 9.04. The van der Waals surface area contributed by atoms with E-state index in [-0.39, 0.29) is 11.9 Å². The summed E-state index contributed by atoms with van der Waals surface area (Å²) in [6.45, 7) is 0.964. The Morgan fingerprint density at radius 3 is 2.60 bits per heavy atom. The first-order chi connectivity index (χ1) is 7.24. The maximum absolute atomic E-state index is 11.0. The second-order valence-corrected chi connectivity index (χ2v) is 4.69. The highest BCUT2D eigenvalue weighted by Crippen LogP contribution is 2.24. The summed E-state index contributed by atoms with van der Waals surface area (Å²) in [5.74, 6) is 0.918. The summed E-state index contributed by atoms with van der Waals surface area (Å²) in [4.78, 5) is 11.0. The Balaban J connectivity index is 1.70. The molecular weight excluding hydrogens is 190 g/mol. The van der Waals surface area contributed by atoms with Crippen LogP contribution < -0.4 is 5.32 Å². The number of nitrogens with one attached hydrogen (secondary N) is 1. The molecule has 0 unspecified atom stereocenters. The second-order valence-electron chi connectivity index (χ2n) is 4.69. The van der Waals surface area contributed by atoms with Crippen LogP contribution in [-0.4, -0.2) is 23.5 Å².